The summed E-state index contributed by atoms with van der Waals surface area (Å²) in [4.78, 5) is 1.76. The zero-order chi connectivity index (χ0) is 10.6. The molecule has 0 aliphatic heterocycles. The molecule has 0 amide bonds. The summed E-state index contributed by atoms with van der Waals surface area (Å²) in [5.74, 6) is -0.422. The van der Waals surface area contributed by atoms with Gasteiger partial charge in [0.2, 0.25) is 0 Å². The summed E-state index contributed by atoms with van der Waals surface area (Å²) < 4.78 is 13.0. The fourth-order valence-electron chi connectivity index (χ4n) is 1.14. The zero-order valence-corrected chi connectivity index (χ0v) is 8.55. The predicted molar refractivity (Wildman–Crippen MR) is 53.4 cm³/mol. The first-order valence-electron chi connectivity index (χ1n) is 4.13. The van der Waals surface area contributed by atoms with Crippen LogP contribution in [-0.4, -0.2) is 18.5 Å². The molecule has 1 rings (SSSR count). The van der Waals surface area contributed by atoms with Crippen LogP contribution in [0.25, 0.3) is 0 Å². The van der Waals surface area contributed by atoms with Gasteiger partial charge in [-0.25, -0.2) is 4.39 Å². The lowest BCUT2D eigenvalue weighted by atomic mass is 10.2. The van der Waals surface area contributed by atoms with Crippen molar-refractivity contribution in [1.82, 2.24) is 4.90 Å². The van der Waals surface area contributed by atoms with Gasteiger partial charge in [-0.1, -0.05) is 23.7 Å². The van der Waals surface area contributed by atoms with Crippen molar-refractivity contribution in [3.05, 3.63) is 34.6 Å². The van der Waals surface area contributed by atoms with E-state index in [2.05, 4.69) is 0 Å². The second-order valence-electron chi connectivity index (χ2n) is 3.04. The van der Waals surface area contributed by atoms with E-state index >= 15 is 0 Å². The monoisotopic (exact) mass is 212 g/mol. The van der Waals surface area contributed by atoms with Crippen LogP contribution in [0.2, 0.25) is 5.02 Å². The molecule has 0 bridgehead atoms. The number of benzene rings is 1. The molecule has 0 spiro atoms. The summed E-state index contributed by atoms with van der Waals surface area (Å²) >= 11 is 5.75. The lowest BCUT2D eigenvalue weighted by Crippen LogP contribution is -2.18. The van der Waals surface area contributed by atoms with E-state index in [0.717, 1.165) is 0 Å². The van der Waals surface area contributed by atoms with Gasteiger partial charge in [0, 0.05) is 6.54 Å². The van der Waals surface area contributed by atoms with Crippen LogP contribution in [0.1, 0.15) is 5.56 Å². The Kier molecular flexibility index (Phi) is 3.87. The van der Waals surface area contributed by atoms with Crippen molar-refractivity contribution in [1.29, 1.82) is 5.26 Å². The Morgan fingerprint density at radius 2 is 2.29 bits per heavy atom. The molecule has 0 saturated carbocycles. The van der Waals surface area contributed by atoms with E-state index in [1.165, 1.54) is 6.07 Å². The summed E-state index contributed by atoms with van der Waals surface area (Å²) in [6, 6.07) is 6.68. The Labute approximate surface area is 87.5 Å². The van der Waals surface area contributed by atoms with E-state index in [9.17, 15) is 4.39 Å². The molecule has 0 heterocycles. The van der Waals surface area contributed by atoms with Crippen LogP contribution in [0.3, 0.4) is 0 Å². The van der Waals surface area contributed by atoms with E-state index < -0.39 is 5.82 Å². The highest BCUT2D eigenvalue weighted by molar-refractivity contribution is 6.31. The number of nitriles is 1. The van der Waals surface area contributed by atoms with Crippen LogP contribution in [0.4, 0.5) is 4.39 Å². The molecule has 0 atom stereocenters. The summed E-state index contributed by atoms with van der Waals surface area (Å²) in [6.07, 6.45) is 0. The Hall–Kier alpha value is -1.11. The van der Waals surface area contributed by atoms with Crippen molar-refractivity contribution in [3.8, 4) is 6.07 Å². The average Bonchev–Trinajstić information content (AvgIpc) is 2.13. The zero-order valence-electron chi connectivity index (χ0n) is 7.80. The number of nitrogens with zero attached hydrogens (tertiary/aromatic N) is 2. The van der Waals surface area contributed by atoms with E-state index in [4.69, 9.17) is 16.9 Å². The molecule has 14 heavy (non-hydrogen) atoms. The van der Waals surface area contributed by atoms with Gasteiger partial charge in [-0.15, -0.1) is 0 Å². The summed E-state index contributed by atoms with van der Waals surface area (Å²) in [5.41, 5.74) is 0.699. The van der Waals surface area contributed by atoms with E-state index in [1.807, 2.05) is 6.07 Å². The van der Waals surface area contributed by atoms with E-state index in [1.54, 1.807) is 24.1 Å². The minimum Gasteiger partial charge on any atom is -0.289 e. The normalized spacial score (nSPS) is 10.2. The van der Waals surface area contributed by atoms with Gasteiger partial charge in [-0.3, -0.25) is 4.90 Å². The molecule has 0 aromatic heterocycles. The minimum absolute atomic E-state index is 0.136. The third-order valence-electron chi connectivity index (χ3n) is 1.81. The topological polar surface area (TPSA) is 27.0 Å². The fourth-order valence-corrected chi connectivity index (χ4v) is 1.32. The van der Waals surface area contributed by atoms with Gasteiger partial charge in [0.05, 0.1) is 17.6 Å². The molecule has 1 aromatic carbocycles. The molecule has 0 aliphatic carbocycles. The third-order valence-corrected chi connectivity index (χ3v) is 2.24. The second kappa shape index (κ2) is 4.94. The van der Waals surface area contributed by atoms with Gasteiger partial charge in [-0.2, -0.15) is 5.26 Å². The molecular weight excluding hydrogens is 203 g/mol. The van der Waals surface area contributed by atoms with Crippen molar-refractivity contribution in [2.45, 2.75) is 6.54 Å². The first-order chi connectivity index (χ1) is 6.65. The Bertz CT molecular complexity index is 360. The Morgan fingerprint density at radius 3 is 2.93 bits per heavy atom. The molecule has 0 N–H and O–H groups in total. The second-order valence-corrected chi connectivity index (χ2v) is 3.42. The van der Waals surface area contributed by atoms with Crippen molar-refractivity contribution in [2.75, 3.05) is 13.6 Å². The highest BCUT2D eigenvalue weighted by atomic mass is 35.5. The molecule has 0 saturated heterocycles. The summed E-state index contributed by atoms with van der Waals surface area (Å²) in [7, 11) is 1.78. The molecule has 0 fully saturated rings. The first-order valence-corrected chi connectivity index (χ1v) is 4.51. The Balaban J connectivity index is 2.77. The first kappa shape index (κ1) is 11.0. The average molecular weight is 213 g/mol. The van der Waals surface area contributed by atoms with Crippen molar-refractivity contribution < 1.29 is 4.39 Å². The van der Waals surface area contributed by atoms with E-state index in [-0.39, 0.29) is 5.02 Å². The Morgan fingerprint density at radius 1 is 1.57 bits per heavy atom. The highest BCUT2D eigenvalue weighted by Crippen LogP contribution is 2.20. The molecule has 0 radical (unpaired) electrons. The smallest absolute Gasteiger partial charge is 0.142 e. The lowest BCUT2D eigenvalue weighted by molar-refractivity contribution is 0.367. The third kappa shape index (κ3) is 2.69. The van der Waals surface area contributed by atoms with Crippen molar-refractivity contribution >= 4 is 11.6 Å². The van der Waals surface area contributed by atoms with Gasteiger partial charge in [0.15, 0.2) is 0 Å². The van der Waals surface area contributed by atoms with Gasteiger partial charge in [-0.05, 0) is 18.7 Å². The van der Waals surface area contributed by atoms with Gasteiger partial charge in [0.25, 0.3) is 0 Å². The number of hydrogen-bond donors (Lipinski definition) is 0. The molecule has 0 aliphatic rings. The van der Waals surface area contributed by atoms with Crippen molar-refractivity contribution in [3.63, 3.8) is 0 Å². The van der Waals surface area contributed by atoms with Gasteiger partial charge < -0.3 is 0 Å². The molecule has 74 valence electrons. The predicted octanol–water partition coefficient (Wildman–Crippen LogP) is 2.43. The fraction of sp³-hybridized carbons (Fsp3) is 0.300. The standard InChI is InChI=1S/C10H10ClFN2/c1-14(6-5-13)7-8-3-2-4-9(12)10(8)11/h2-4H,6-7H2,1H3. The molecule has 2 nitrogen and oxygen atoms in total. The van der Waals surface area contributed by atoms with Crippen LogP contribution in [0.15, 0.2) is 18.2 Å². The van der Waals surface area contributed by atoms with Gasteiger partial charge >= 0.3 is 0 Å². The maximum absolute atomic E-state index is 13.0. The van der Waals surface area contributed by atoms with Crippen LogP contribution >= 0.6 is 11.6 Å². The lowest BCUT2D eigenvalue weighted by Gasteiger charge is -2.13. The summed E-state index contributed by atoms with van der Waals surface area (Å²) in [6.45, 7) is 0.775. The maximum atomic E-state index is 13.0. The highest BCUT2D eigenvalue weighted by Gasteiger charge is 2.07. The summed E-state index contributed by atoms with van der Waals surface area (Å²) in [5, 5.41) is 8.58. The molecular formula is C10H10ClFN2. The number of hydrogen-bond acceptors (Lipinski definition) is 2. The quantitative estimate of drug-likeness (QED) is 0.720. The maximum Gasteiger partial charge on any atom is 0.142 e. The van der Waals surface area contributed by atoms with Gasteiger partial charge in [0.1, 0.15) is 5.82 Å². The number of rotatable bonds is 3. The van der Waals surface area contributed by atoms with Crippen molar-refractivity contribution in [2.24, 2.45) is 0 Å². The van der Waals surface area contributed by atoms with Crippen LogP contribution in [0, 0.1) is 17.1 Å². The van der Waals surface area contributed by atoms with E-state index in [0.29, 0.717) is 18.7 Å². The largest absolute Gasteiger partial charge is 0.289 e. The molecule has 0 unspecified atom stereocenters. The SMILES string of the molecule is CN(CC#N)Cc1cccc(F)c1Cl. The van der Waals surface area contributed by atoms with Crippen LogP contribution in [0.5, 0.6) is 0 Å². The number of halogens is 2. The van der Waals surface area contributed by atoms with Crippen LogP contribution < -0.4 is 0 Å². The molecule has 4 heteroatoms. The van der Waals surface area contributed by atoms with Crippen LogP contribution in [-0.2, 0) is 6.54 Å². The molecule has 1 aromatic rings. The minimum atomic E-state index is -0.422.